The fourth-order valence-corrected chi connectivity index (χ4v) is 1.30. The number of hydrogen-bond acceptors (Lipinski definition) is 4. The maximum Gasteiger partial charge on any atom is 0.437 e. The van der Waals surface area contributed by atoms with Gasteiger partial charge in [-0.05, 0) is 5.56 Å². The molecule has 0 radical (unpaired) electrons. The summed E-state index contributed by atoms with van der Waals surface area (Å²) < 4.78 is 14.6. The molecule has 1 aliphatic heterocycles. The van der Waals surface area contributed by atoms with E-state index in [-0.39, 0.29) is 12.6 Å². The van der Waals surface area contributed by atoms with Crippen LogP contribution in [0.1, 0.15) is 5.56 Å². The molecule has 0 aromatic heterocycles. The summed E-state index contributed by atoms with van der Waals surface area (Å²) in [4.78, 5) is 14.1. The van der Waals surface area contributed by atoms with Crippen LogP contribution in [0.5, 0.6) is 0 Å². The highest BCUT2D eigenvalue weighted by Gasteiger charge is 2.00. The second-order valence-electron chi connectivity index (χ2n) is 3.80. The summed E-state index contributed by atoms with van der Waals surface area (Å²) in [5.74, 6) is -0.303. The first-order chi connectivity index (χ1) is 9.68. The number of amides is 1. The summed E-state index contributed by atoms with van der Waals surface area (Å²) in [7, 11) is 0. The quantitative estimate of drug-likeness (QED) is 0.608. The molecule has 4 N–H and O–H groups in total. The summed E-state index contributed by atoms with van der Waals surface area (Å²) in [5, 5.41) is 0. The minimum Gasteiger partial charge on any atom is -0.443 e. The van der Waals surface area contributed by atoms with Gasteiger partial charge in [0.15, 0.2) is 5.96 Å². The molecule has 2 rings (SSSR count). The third-order valence-electron chi connectivity index (χ3n) is 2.17. The molecule has 110 valence electrons. The first kappa shape index (κ1) is 15.9. The van der Waals surface area contributed by atoms with Gasteiger partial charge in [-0.1, -0.05) is 30.3 Å². The predicted molar refractivity (Wildman–Crippen MR) is 74.1 cm³/mol. The smallest absolute Gasteiger partial charge is 0.437 e. The highest BCUT2D eigenvalue weighted by molar-refractivity contribution is 5.87. The first-order valence-electron chi connectivity index (χ1n) is 6.14. The highest BCUT2D eigenvalue weighted by Crippen LogP contribution is 2.00. The van der Waals surface area contributed by atoms with Crippen LogP contribution in [0.15, 0.2) is 35.3 Å². The normalized spacial score (nSPS) is 13.6. The summed E-state index contributed by atoms with van der Waals surface area (Å²) in [6, 6.07) is 9.25. The lowest BCUT2D eigenvalue weighted by atomic mass is 10.2. The number of benzene rings is 1. The largest absolute Gasteiger partial charge is 0.443 e. The van der Waals surface area contributed by atoms with Gasteiger partial charge in [-0.25, -0.2) is 4.79 Å². The van der Waals surface area contributed by atoms with Crippen molar-refractivity contribution in [3.63, 3.8) is 0 Å². The summed E-state index contributed by atoms with van der Waals surface area (Å²) >= 11 is 0. The number of nitrogens with zero attached hydrogens (tertiary/aromatic N) is 1. The molecule has 20 heavy (non-hydrogen) atoms. The Kier molecular flexibility index (Phi) is 7.78. The van der Waals surface area contributed by atoms with Gasteiger partial charge in [0, 0.05) is 0 Å². The molecule has 0 atom stereocenters. The SMILES string of the molecule is C1COCCO1.NC(N)=NC(=O)OCc1ccccc1. The third-order valence-corrected chi connectivity index (χ3v) is 2.17. The molecule has 7 heteroatoms. The minimum atomic E-state index is -0.783. The molecule has 1 aromatic rings. The molecule has 0 spiro atoms. The molecule has 1 amide bonds. The molecule has 0 saturated carbocycles. The Morgan fingerprint density at radius 1 is 1.10 bits per heavy atom. The monoisotopic (exact) mass is 281 g/mol. The van der Waals surface area contributed by atoms with Crippen LogP contribution in [0.4, 0.5) is 4.79 Å². The van der Waals surface area contributed by atoms with Crippen molar-refractivity contribution >= 4 is 12.1 Å². The van der Waals surface area contributed by atoms with Crippen LogP contribution in [0.2, 0.25) is 0 Å². The minimum absolute atomic E-state index is 0.163. The Morgan fingerprint density at radius 2 is 1.65 bits per heavy atom. The molecule has 1 aromatic carbocycles. The second-order valence-corrected chi connectivity index (χ2v) is 3.80. The standard InChI is InChI=1S/C9H11N3O2.C4H8O2/c10-8(11)12-9(13)14-6-7-4-2-1-3-5-7;1-2-6-4-3-5-1/h1-5H,6H2,(H4,10,11,12,13);1-4H2. The average molecular weight is 281 g/mol. The summed E-state index contributed by atoms with van der Waals surface area (Å²) in [6.45, 7) is 3.27. The van der Waals surface area contributed by atoms with E-state index in [2.05, 4.69) is 4.99 Å². The highest BCUT2D eigenvalue weighted by atomic mass is 16.6. The van der Waals surface area contributed by atoms with E-state index in [9.17, 15) is 4.79 Å². The maximum absolute atomic E-state index is 10.9. The van der Waals surface area contributed by atoms with E-state index in [0.717, 1.165) is 32.0 Å². The number of guanidine groups is 1. The lowest BCUT2D eigenvalue weighted by Crippen LogP contribution is -2.24. The van der Waals surface area contributed by atoms with Gasteiger partial charge in [0.2, 0.25) is 0 Å². The van der Waals surface area contributed by atoms with Gasteiger partial charge in [-0.2, -0.15) is 0 Å². The molecule has 0 aliphatic carbocycles. The predicted octanol–water partition coefficient (Wildman–Crippen LogP) is 0.630. The van der Waals surface area contributed by atoms with E-state index in [1.165, 1.54) is 0 Å². The Hall–Kier alpha value is -2.12. The zero-order chi connectivity index (χ0) is 14.6. The lowest BCUT2D eigenvalue weighted by Gasteiger charge is -2.09. The van der Waals surface area contributed by atoms with E-state index in [1.54, 1.807) is 0 Å². The Balaban J connectivity index is 0.000000276. The number of ether oxygens (including phenoxy) is 3. The van der Waals surface area contributed by atoms with Crippen molar-refractivity contribution in [3.05, 3.63) is 35.9 Å². The molecule has 0 bridgehead atoms. The topological polar surface area (TPSA) is 109 Å². The second kappa shape index (κ2) is 9.76. The van der Waals surface area contributed by atoms with Gasteiger partial charge in [0.1, 0.15) is 6.61 Å². The van der Waals surface area contributed by atoms with Crippen LogP contribution < -0.4 is 11.5 Å². The van der Waals surface area contributed by atoms with Crippen molar-refractivity contribution in [2.45, 2.75) is 6.61 Å². The molecule has 1 fully saturated rings. The fourth-order valence-electron chi connectivity index (χ4n) is 1.30. The first-order valence-corrected chi connectivity index (χ1v) is 6.14. The van der Waals surface area contributed by atoms with Crippen molar-refractivity contribution in [1.29, 1.82) is 0 Å². The van der Waals surface area contributed by atoms with Gasteiger partial charge in [0.25, 0.3) is 0 Å². The zero-order valence-electron chi connectivity index (χ0n) is 11.2. The molecular formula is C13H19N3O4. The summed E-state index contributed by atoms with van der Waals surface area (Å²) in [5.41, 5.74) is 10.9. The van der Waals surface area contributed by atoms with E-state index in [0.29, 0.717) is 0 Å². The van der Waals surface area contributed by atoms with Crippen LogP contribution in [0.3, 0.4) is 0 Å². The summed E-state index contributed by atoms with van der Waals surface area (Å²) in [6.07, 6.45) is -0.783. The van der Waals surface area contributed by atoms with E-state index < -0.39 is 6.09 Å². The number of hydrogen-bond donors (Lipinski definition) is 2. The Bertz CT molecular complexity index is 403. The Labute approximate surface area is 117 Å². The van der Waals surface area contributed by atoms with E-state index >= 15 is 0 Å². The number of rotatable bonds is 2. The van der Waals surface area contributed by atoms with E-state index in [1.807, 2.05) is 30.3 Å². The van der Waals surface area contributed by atoms with Crippen LogP contribution in [-0.2, 0) is 20.8 Å². The third kappa shape index (κ3) is 8.06. The molecule has 7 nitrogen and oxygen atoms in total. The van der Waals surface area contributed by atoms with Crippen LogP contribution in [0, 0.1) is 0 Å². The number of carbonyl (C=O) groups excluding carboxylic acids is 1. The molecule has 1 saturated heterocycles. The average Bonchev–Trinajstić information content (AvgIpc) is 2.48. The fraction of sp³-hybridized carbons (Fsp3) is 0.385. The lowest BCUT2D eigenvalue weighted by molar-refractivity contribution is -0.0334. The van der Waals surface area contributed by atoms with Gasteiger partial charge in [0.05, 0.1) is 26.4 Å². The molecule has 0 unspecified atom stereocenters. The molecule has 1 heterocycles. The number of nitrogens with two attached hydrogens (primary N) is 2. The van der Waals surface area contributed by atoms with Gasteiger partial charge in [-0.15, -0.1) is 4.99 Å². The van der Waals surface area contributed by atoms with Crippen LogP contribution in [-0.4, -0.2) is 38.5 Å². The Morgan fingerprint density at radius 3 is 2.10 bits per heavy atom. The van der Waals surface area contributed by atoms with E-state index in [4.69, 9.17) is 25.7 Å². The van der Waals surface area contributed by atoms with Crippen molar-refractivity contribution in [2.75, 3.05) is 26.4 Å². The van der Waals surface area contributed by atoms with Gasteiger partial charge in [-0.3, -0.25) is 0 Å². The van der Waals surface area contributed by atoms with Crippen molar-refractivity contribution in [1.82, 2.24) is 0 Å². The van der Waals surface area contributed by atoms with Gasteiger partial charge >= 0.3 is 6.09 Å². The van der Waals surface area contributed by atoms with Crippen molar-refractivity contribution < 1.29 is 19.0 Å². The van der Waals surface area contributed by atoms with Crippen LogP contribution in [0.25, 0.3) is 0 Å². The number of carbonyl (C=O) groups is 1. The molecule has 1 aliphatic rings. The number of aliphatic imine (C=N–C) groups is 1. The van der Waals surface area contributed by atoms with Gasteiger partial charge < -0.3 is 25.7 Å². The van der Waals surface area contributed by atoms with Crippen molar-refractivity contribution in [2.24, 2.45) is 16.5 Å². The zero-order valence-corrected chi connectivity index (χ0v) is 11.2. The maximum atomic E-state index is 10.9. The van der Waals surface area contributed by atoms with Crippen LogP contribution >= 0.6 is 0 Å². The molecular weight excluding hydrogens is 262 g/mol. The van der Waals surface area contributed by atoms with Crippen molar-refractivity contribution in [3.8, 4) is 0 Å².